The average molecular weight is 448 g/mol. The molecule has 1 N–H and O–H groups in total. The van der Waals surface area contributed by atoms with Gasteiger partial charge in [0.15, 0.2) is 0 Å². The largest absolute Gasteiger partial charge is 0.317 e. The Labute approximate surface area is 204 Å². The van der Waals surface area contributed by atoms with Gasteiger partial charge in [-0.1, -0.05) is 141 Å². The highest BCUT2D eigenvalue weighted by atomic mass is 14.9. The lowest BCUT2D eigenvalue weighted by Gasteiger charge is -2.16. The molecule has 0 aromatic carbocycles. The normalized spacial score (nSPS) is 13.0. The summed E-state index contributed by atoms with van der Waals surface area (Å²) in [6.45, 7) is 4.57. The van der Waals surface area contributed by atoms with Gasteiger partial charge in [-0.05, 0) is 52.0 Å². The SMILES string of the molecule is CCCCCC=CCC=CCCCCCCCCCCCC(CCCCCCCC)NC. The topological polar surface area (TPSA) is 12.0 Å². The third-order valence-corrected chi connectivity index (χ3v) is 6.82. The highest BCUT2D eigenvalue weighted by Crippen LogP contribution is 2.15. The van der Waals surface area contributed by atoms with E-state index in [1.807, 2.05) is 0 Å². The van der Waals surface area contributed by atoms with Gasteiger partial charge < -0.3 is 5.32 Å². The summed E-state index contributed by atoms with van der Waals surface area (Å²) in [4.78, 5) is 0. The van der Waals surface area contributed by atoms with Crippen LogP contribution in [0.3, 0.4) is 0 Å². The maximum absolute atomic E-state index is 3.55. The van der Waals surface area contributed by atoms with Crippen LogP contribution in [0.25, 0.3) is 0 Å². The maximum Gasteiger partial charge on any atom is 0.00640 e. The van der Waals surface area contributed by atoms with Crippen LogP contribution in [0.15, 0.2) is 24.3 Å². The van der Waals surface area contributed by atoms with E-state index in [2.05, 4.69) is 50.5 Å². The van der Waals surface area contributed by atoms with Gasteiger partial charge in [-0.25, -0.2) is 0 Å². The van der Waals surface area contributed by atoms with Gasteiger partial charge >= 0.3 is 0 Å². The van der Waals surface area contributed by atoms with Gasteiger partial charge in [0.25, 0.3) is 0 Å². The monoisotopic (exact) mass is 447 g/mol. The van der Waals surface area contributed by atoms with Crippen molar-refractivity contribution in [3.63, 3.8) is 0 Å². The highest BCUT2D eigenvalue weighted by molar-refractivity contribution is 4.92. The molecule has 0 aliphatic carbocycles. The van der Waals surface area contributed by atoms with Crippen molar-refractivity contribution < 1.29 is 0 Å². The maximum atomic E-state index is 3.55. The Hall–Kier alpha value is -0.560. The summed E-state index contributed by atoms with van der Waals surface area (Å²) in [5.41, 5.74) is 0. The van der Waals surface area contributed by atoms with Crippen molar-refractivity contribution in [2.45, 2.75) is 168 Å². The minimum Gasteiger partial charge on any atom is -0.317 e. The van der Waals surface area contributed by atoms with Crippen molar-refractivity contribution in [3.8, 4) is 0 Å². The molecule has 32 heavy (non-hydrogen) atoms. The number of hydrogen-bond acceptors (Lipinski definition) is 1. The van der Waals surface area contributed by atoms with Crippen LogP contribution >= 0.6 is 0 Å². The molecule has 1 nitrogen and oxygen atoms in total. The van der Waals surface area contributed by atoms with Crippen molar-refractivity contribution in [1.82, 2.24) is 5.32 Å². The molecule has 0 bridgehead atoms. The standard InChI is InChI=1S/C31H61N/c1-4-6-8-10-12-13-14-15-16-17-18-19-20-21-22-23-24-26-28-30-31(32-3)29-27-25-11-9-7-5-2/h12-13,15-16,31-32H,4-11,14,17-30H2,1-3H3. The van der Waals surface area contributed by atoms with Crippen LogP contribution in [-0.2, 0) is 0 Å². The zero-order chi connectivity index (χ0) is 23.4. The molecular weight excluding hydrogens is 386 g/mol. The van der Waals surface area contributed by atoms with Gasteiger partial charge in [-0.3, -0.25) is 0 Å². The van der Waals surface area contributed by atoms with Gasteiger partial charge in [0.1, 0.15) is 0 Å². The Balaban J connectivity index is 3.30. The second-order valence-electron chi connectivity index (χ2n) is 9.98. The van der Waals surface area contributed by atoms with Gasteiger partial charge in [0.05, 0.1) is 0 Å². The molecule has 0 aliphatic rings. The number of rotatable bonds is 26. The fraction of sp³-hybridized carbons (Fsp3) is 0.871. The first-order valence-corrected chi connectivity index (χ1v) is 14.8. The van der Waals surface area contributed by atoms with E-state index in [9.17, 15) is 0 Å². The Morgan fingerprint density at radius 1 is 0.469 bits per heavy atom. The predicted octanol–water partition coefficient (Wildman–Crippen LogP) is 10.7. The predicted molar refractivity (Wildman–Crippen MR) is 149 cm³/mol. The molecule has 1 unspecified atom stereocenters. The lowest BCUT2D eigenvalue weighted by molar-refractivity contribution is 0.435. The fourth-order valence-corrected chi connectivity index (χ4v) is 4.51. The number of unbranched alkanes of at least 4 members (excludes halogenated alkanes) is 17. The van der Waals surface area contributed by atoms with Crippen LogP contribution in [0.5, 0.6) is 0 Å². The second kappa shape index (κ2) is 28.5. The summed E-state index contributed by atoms with van der Waals surface area (Å²) in [5, 5.41) is 3.55. The van der Waals surface area contributed by atoms with Gasteiger partial charge in [-0.2, -0.15) is 0 Å². The quantitative estimate of drug-likeness (QED) is 0.103. The molecule has 1 heteroatoms. The molecule has 0 fully saturated rings. The van der Waals surface area contributed by atoms with Crippen molar-refractivity contribution in [1.29, 1.82) is 0 Å². The Bertz CT molecular complexity index is 384. The van der Waals surface area contributed by atoms with Crippen molar-refractivity contribution >= 4 is 0 Å². The molecule has 190 valence electrons. The first kappa shape index (κ1) is 31.4. The molecule has 0 rings (SSSR count). The Morgan fingerprint density at radius 2 is 0.844 bits per heavy atom. The van der Waals surface area contributed by atoms with Gasteiger partial charge in [0.2, 0.25) is 0 Å². The molecular formula is C31H61N. The summed E-state index contributed by atoms with van der Waals surface area (Å²) < 4.78 is 0. The minimum absolute atomic E-state index is 0.761. The van der Waals surface area contributed by atoms with E-state index in [1.165, 1.54) is 141 Å². The number of hydrogen-bond donors (Lipinski definition) is 1. The summed E-state index contributed by atoms with van der Waals surface area (Å²) in [7, 11) is 2.16. The Morgan fingerprint density at radius 3 is 1.31 bits per heavy atom. The zero-order valence-corrected chi connectivity index (χ0v) is 22.7. The molecule has 0 aromatic rings. The molecule has 0 spiro atoms. The summed E-state index contributed by atoms with van der Waals surface area (Å²) in [5.74, 6) is 0. The lowest BCUT2D eigenvalue weighted by atomic mass is 10.00. The van der Waals surface area contributed by atoms with E-state index in [0.717, 1.165) is 12.5 Å². The second-order valence-corrected chi connectivity index (χ2v) is 9.98. The number of allylic oxidation sites excluding steroid dienone is 4. The Kier molecular flexibility index (Phi) is 28.0. The first-order chi connectivity index (χ1) is 15.8. The van der Waals surface area contributed by atoms with E-state index in [4.69, 9.17) is 0 Å². The van der Waals surface area contributed by atoms with Crippen LogP contribution in [-0.4, -0.2) is 13.1 Å². The summed E-state index contributed by atoms with van der Waals surface area (Å²) in [6, 6.07) is 0.761. The molecule has 0 radical (unpaired) electrons. The molecule has 0 heterocycles. The van der Waals surface area contributed by atoms with E-state index in [-0.39, 0.29) is 0 Å². The lowest BCUT2D eigenvalue weighted by Crippen LogP contribution is -2.24. The fourth-order valence-electron chi connectivity index (χ4n) is 4.51. The van der Waals surface area contributed by atoms with Crippen LogP contribution in [0.4, 0.5) is 0 Å². The molecule has 0 aliphatic heterocycles. The molecule has 0 amide bonds. The van der Waals surface area contributed by atoms with Crippen LogP contribution < -0.4 is 5.32 Å². The van der Waals surface area contributed by atoms with E-state index < -0.39 is 0 Å². The van der Waals surface area contributed by atoms with Crippen LogP contribution in [0.1, 0.15) is 162 Å². The molecule has 0 aromatic heterocycles. The van der Waals surface area contributed by atoms with Crippen molar-refractivity contribution in [2.24, 2.45) is 0 Å². The van der Waals surface area contributed by atoms with Gasteiger partial charge in [0, 0.05) is 6.04 Å². The van der Waals surface area contributed by atoms with E-state index in [0.29, 0.717) is 0 Å². The van der Waals surface area contributed by atoms with Gasteiger partial charge in [-0.15, -0.1) is 0 Å². The van der Waals surface area contributed by atoms with E-state index >= 15 is 0 Å². The molecule has 0 saturated heterocycles. The minimum atomic E-state index is 0.761. The summed E-state index contributed by atoms with van der Waals surface area (Å²) >= 11 is 0. The third-order valence-electron chi connectivity index (χ3n) is 6.82. The molecule has 1 atom stereocenters. The zero-order valence-electron chi connectivity index (χ0n) is 22.7. The average Bonchev–Trinajstić information content (AvgIpc) is 2.81. The number of nitrogens with one attached hydrogen (secondary N) is 1. The molecule has 0 saturated carbocycles. The smallest absolute Gasteiger partial charge is 0.00640 e. The third kappa shape index (κ3) is 25.7. The van der Waals surface area contributed by atoms with Crippen molar-refractivity contribution in [2.75, 3.05) is 7.05 Å². The van der Waals surface area contributed by atoms with Crippen LogP contribution in [0.2, 0.25) is 0 Å². The van der Waals surface area contributed by atoms with Crippen molar-refractivity contribution in [3.05, 3.63) is 24.3 Å². The van der Waals surface area contributed by atoms with E-state index in [1.54, 1.807) is 0 Å². The van der Waals surface area contributed by atoms with Crippen LogP contribution in [0, 0.1) is 0 Å². The summed E-state index contributed by atoms with van der Waals surface area (Å²) in [6.07, 6.45) is 41.3. The highest BCUT2D eigenvalue weighted by Gasteiger charge is 2.05. The first-order valence-electron chi connectivity index (χ1n) is 14.8.